The molecule has 98 valence electrons. The Morgan fingerprint density at radius 1 is 1.44 bits per heavy atom. The Bertz CT molecular complexity index is 424. The van der Waals surface area contributed by atoms with Gasteiger partial charge in [0, 0.05) is 30.6 Å². The van der Waals surface area contributed by atoms with Gasteiger partial charge in [-0.15, -0.1) is 0 Å². The molecule has 0 aromatic heterocycles. The molecule has 0 spiro atoms. The van der Waals surface area contributed by atoms with Gasteiger partial charge >= 0.3 is 0 Å². The molecular formula is C14H17FO2S. The lowest BCUT2D eigenvalue weighted by atomic mass is 10.1. The van der Waals surface area contributed by atoms with Crippen LogP contribution >= 0.6 is 11.8 Å². The fourth-order valence-corrected chi connectivity index (χ4v) is 2.23. The van der Waals surface area contributed by atoms with Gasteiger partial charge in [-0.25, -0.2) is 4.39 Å². The van der Waals surface area contributed by atoms with Crippen LogP contribution in [0.2, 0.25) is 0 Å². The van der Waals surface area contributed by atoms with Crippen LogP contribution in [0.5, 0.6) is 0 Å². The summed E-state index contributed by atoms with van der Waals surface area (Å²) in [7, 11) is 1.67. The Morgan fingerprint density at radius 2 is 2.28 bits per heavy atom. The number of hydrogen-bond donors (Lipinski definition) is 1. The van der Waals surface area contributed by atoms with Crippen molar-refractivity contribution in [2.24, 2.45) is 0 Å². The Balaban J connectivity index is 2.68. The number of benzene rings is 1. The first kappa shape index (κ1) is 15.0. The second-order valence-electron chi connectivity index (χ2n) is 3.62. The first-order valence-corrected chi connectivity index (χ1v) is 6.88. The average Bonchev–Trinajstić information content (AvgIpc) is 2.37. The Kier molecular flexibility index (Phi) is 7.51. The van der Waals surface area contributed by atoms with Crippen molar-refractivity contribution in [1.29, 1.82) is 0 Å². The Labute approximate surface area is 112 Å². The number of aliphatic hydroxyl groups excluding tert-OH is 1. The van der Waals surface area contributed by atoms with Crippen LogP contribution in [-0.4, -0.2) is 31.2 Å². The summed E-state index contributed by atoms with van der Waals surface area (Å²) in [5, 5.41) is 8.67. The molecule has 2 nitrogen and oxygen atoms in total. The Hall–Kier alpha value is -1.02. The van der Waals surface area contributed by atoms with Crippen molar-refractivity contribution < 1.29 is 14.2 Å². The fraction of sp³-hybridized carbons (Fsp3) is 0.429. The van der Waals surface area contributed by atoms with Crippen molar-refractivity contribution in [3.8, 4) is 11.8 Å². The first-order valence-electron chi connectivity index (χ1n) is 5.72. The third-order valence-corrected chi connectivity index (χ3v) is 3.19. The molecule has 1 N–H and O–H groups in total. The molecule has 0 aliphatic carbocycles. The molecule has 0 heterocycles. The van der Waals surface area contributed by atoms with Gasteiger partial charge in [-0.1, -0.05) is 17.9 Å². The average molecular weight is 268 g/mol. The van der Waals surface area contributed by atoms with Gasteiger partial charge in [-0.3, -0.25) is 0 Å². The summed E-state index contributed by atoms with van der Waals surface area (Å²) >= 11 is 1.73. The highest BCUT2D eigenvalue weighted by molar-refractivity contribution is 7.98. The molecule has 1 aromatic carbocycles. The fourth-order valence-electron chi connectivity index (χ4n) is 1.33. The third kappa shape index (κ3) is 5.54. The van der Waals surface area contributed by atoms with E-state index in [0.717, 1.165) is 17.1 Å². The normalized spacial score (nSPS) is 9.94. The predicted octanol–water partition coefficient (Wildman–Crippen LogP) is 2.44. The largest absolute Gasteiger partial charge is 0.395 e. The Morgan fingerprint density at radius 3 is 3.00 bits per heavy atom. The van der Waals surface area contributed by atoms with E-state index < -0.39 is 0 Å². The summed E-state index contributed by atoms with van der Waals surface area (Å²) < 4.78 is 18.1. The lowest BCUT2D eigenvalue weighted by Crippen LogP contribution is -1.94. The molecule has 0 unspecified atom stereocenters. The van der Waals surface area contributed by atoms with Gasteiger partial charge in [0.2, 0.25) is 0 Å². The van der Waals surface area contributed by atoms with E-state index in [1.165, 1.54) is 12.1 Å². The molecule has 0 radical (unpaired) electrons. The standard InChI is InChI=1S/C14H17FO2S/c1-17-8-9-18-11-13-5-6-14(15)10-12(13)4-2-3-7-16/h5-6,10,16H,3,7-9,11H2,1H3. The number of ether oxygens (including phenoxy) is 1. The van der Waals surface area contributed by atoms with Crippen LogP contribution in [0.4, 0.5) is 4.39 Å². The van der Waals surface area contributed by atoms with Gasteiger partial charge in [0.1, 0.15) is 5.82 Å². The van der Waals surface area contributed by atoms with Gasteiger partial charge in [0.15, 0.2) is 0 Å². The quantitative estimate of drug-likeness (QED) is 0.635. The molecule has 0 atom stereocenters. The number of hydrogen-bond acceptors (Lipinski definition) is 3. The maximum Gasteiger partial charge on any atom is 0.124 e. The highest BCUT2D eigenvalue weighted by Gasteiger charge is 2.02. The summed E-state index contributed by atoms with van der Waals surface area (Å²) in [6.45, 7) is 0.734. The van der Waals surface area contributed by atoms with Gasteiger partial charge in [-0.05, 0) is 17.7 Å². The smallest absolute Gasteiger partial charge is 0.124 e. The van der Waals surface area contributed by atoms with E-state index in [1.54, 1.807) is 24.9 Å². The van der Waals surface area contributed by atoms with Crippen molar-refractivity contribution in [3.05, 3.63) is 35.1 Å². The number of thioether (sulfide) groups is 1. The van der Waals surface area contributed by atoms with Crippen LogP contribution in [0.3, 0.4) is 0 Å². The lowest BCUT2D eigenvalue weighted by molar-refractivity contribution is 0.218. The molecule has 0 aliphatic heterocycles. The van der Waals surface area contributed by atoms with E-state index in [4.69, 9.17) is 9.84 Å². The lowest BCUT2D eigenvalue weighted by Gasteiger charge is -2.05. The monoisotopic (exact) mass is 268 g/mol. The van der Waals surface area contributed by atoms with Crippen molar-refractivity contribution in [2.75, 3.05) is 26.1 Å². The summed E-state index contributed by atoms with van der Waals surface area (Å²) in [5.74, 6) is 7.12. The van der Waals surface area contributed by atoms with Gasteiger partial charge < -0.3 is 9.84 Å². The number of aliphatic hydroxyl groups is 1. The van der Waals surface area contributed by atoms with Crippen molar-refractivity contribution >= 4 is 11.8 Å². The molecule has 1 rings (SSSR count). The maximum atomic E-state index is 13.2. The van der Waals surface area contributed by atoms with E-state index in [-0.39, 0.29) is 12.4 Å². The molecule has 0 saturated heterocycles. The van der Waals surface area contributed by atoms with Crippen molar-refractivity contribution in [2.45, 2.75) is 12.2 Å². The van der Waals surface area contributed by atoms with Gasteiger partial charge in [-0.2, -0.15) is 11.8 Å². The zero-order valence-corrected chi connectivity index (χ0v) is 11.2. The minimum Gasteiger partial charge on any atom is -0.395 e. The van der Waals surface area contributed by atoms with Crippen LogP contribution in [0.25, 0.3) is 0 Å². The van der Waals surface area contributed by atoms with Crippen molar-refractivity contribution in [1.82, 2.24) is 0 Å². The van der Waals surface area contributed by atoms with Crippen LogP contribution in [0.15, 0.2) is 18.2 Å². The van der Waals surface area contributed by atoms with Crippen LogP contribution in [0, 0.1) is 17.7 Å². The highest BCUT2D eigenvalue weighted by Crippen LogP contribution is 2.17. The van der Waals surface area contributed by atoms with E-state index in [2.05, 4.69) is 11.8 Å². The second-order valence-corrected chi connectivity index (χ2v) is 4.73. The van der Waals surface area contributed by atoms with E-state index in [1.807, 2.05) is 0 Å². The molecule has 0 saturated carbocycles. The van der Waals surface area contributed by atoms with Crippen LogP contribution < -0.4 is 0 Å². The third-order valence-electron chi connectivity index (χ3n) is 2.22. The molecule has 18 heavy (non-hydrogen) atoms. The molecule has 0 aliphatic rings. The minimum atomic E-state index is -0.283. The van der Waals surface area contributed by atoms with Gasteiger partial charge in [0.05, 0.1) is 13.2 Å². The summed E-state index contributed by atoms with van der Waals surface area (Å²) in [4.78, 5) is 0. The van der Waals surface area contributed by atoms with Crippen LogP contribution in [-0.2, 0) is 10.5 Å². The summed E-state index contributed by atoms with van der Waals surface area (Å²) in [6, 6.07) is 4.65. The van der Waals surface area contributed by atoms with Crippen molar-refractivity contribution in [3.63, 3.8) is 0 Å². The van der Waals surface area contributed by atoms with E-state index in [0.29, 0.717) is 18.6 Å². The number of rotatable bonds is 6. The maximum absolute atomic E-state index is 13.2. The van der Waals surface area contributed by atoms with Gasteiger partial charge in [0.25, 0.3) is 0 Å². The molecule has 1 aromatic rings. The predicted molar refractivity (Wildman–Crippen MR) is 73.0 cm³/mol. The van der Waals surface area contributed by atoms with E-state index >= 15 is 0 Å². The summed E-state index contributed by atoms with van der Waals surface area (Å²) in [5.41, 5.74) is 1.72. The highest BCUT2D eigenvalue weighted by atomic mass is 32.2. The topological polar surface area (TPSA) is 29.5 Å². The molecule has 4 heteroatoms. The summed E-state index contributed by atoms with van der Waals surface area (Å²) in [6.07, 6.45) is 0.409. The first-order chi connectivity index (χ1) is 8.77. The molecule has 0 amide bonds. The van der Waals surface area contributed by atoms with E-state index in [9.17, 15) is 4.39 Å². The SMILES string of the molecule is COCCSCc1ccc(F)cc1C#CCCO. The minimum absolute atomic E-state index is 0.0280. The number of halogens is 1. The van der Waals surface area contributed by atoms with Crippen LogP contribution in [0.1, 0.15) is 17.5 Å². The molecule has 0 bridgehead atoms. The zero-order chi connectivity index (χ0) is 13.2. The number of methoxy groups -OCH3 is 1. The molecular weight excluding hydrogens is 251 g/mol. The molecule has 0 fully saturated rings. The zero-order valence-electron chi connectivity index (χ0n) is 10.4. The second kappa shape index (κ2) is 8.98.